The summed E-state index contributed by atoms with van der Waals surface area (Å²) in [7, 11) is 1.89. The number of nitrogens with one attached hydrogen (secondary N) is 2. The number of anilines is 3. The minimum absolute atomic E-state index is 0.104. The highest BCUT2D eigenvalue weighted by Gasteiger charge is 2.22. The zero-order valence-corrected chi connectivity index (χ0v) is 15.9. The summed E-state index contributed by atoms with van der Waals surface area (Å²) in [6.45, 7) is 0. The number of primary amides is 1. The van der Waals surface area contributed by atoms with E-state index in [2.05, 4.69) is 20.7 Å². The fourth-order valence-electron chi connectivity index (χ4n) is 3.78. The highest BCUT2D eigenvalue weighted by Crippen LogP contribution is 2.28. The van der Waals surface area contributed by atoms with Gasteiger partial charge in [-0.25, -0.2) is 4.98 Å². The summed E-state index contributed by atoms with van der Waals surface area (Å²) in [6, 6.07) is 9.59. The van der Waals surface area contributed by atoms with E-state index in [1.54, 1.807) is 23.0 Å². The minimum Gasteiger partial charge on any atom is -0.366 e. The Hall–Kier alpha value is -3.13. The number of amides is 1. The molecule has 146 valence electrons. The van der Waals surface area contributed by atoms with Gasteiger partial charge in [0.25, 0.3) is 5.91 Å². The van der Waals surface area contributed by atoms with Gasteiger partial charge in [0.05, 0.1) is 23.0 Å². The highest BCUT2D eigenvalue weighted by atomic mass is 16.1. The third kappa shape index (κ3) is 3.50. The lowest BCUT2D eigenvalue weighted by Gasteiger charge is -2.29. The first-order valence-electron chi connectivity index (χ1n) is 9.53. The van der Waals surface area contributed by atoms with Crippen LogP contribution in [-0.2, 0) is 7.05 Å². The van der Waals surface area contributed by atoms with Gasteiger partial charge in [-0.05, 0) is 37.1 Å². The average Bonchev–Trinajstić information content (AvgIpc) is 3.06. The zero-order valence-electron chi connectivity index (χ0n) is 15.9. The first kappa shape index (κ1) is 18.2. The van der Waals surface area contributed by atoms with E-state index in [1.807, 2.05) is 25.2 Å². The number of nitrogens with zero attached hydrogens (tertiary/aromatic N) is 3. The lowest BCUT2D eigenvalue weighted by molar-refractivity contribution is 0.100. The first-order valence-corrected chi connectivity index (χ1v) is 9.53. The van der Waals surface area contributed by atoms with Crippen molar-refractivity contribution in [1.82, 2.24) is 14.8 Å². The van der Waals surface area contributed by atoms with Gasteiger partial charge in [-0.1, -0.05) is 18.9 Å². The number of hydrogen-bond donors (Lipinski definition) is 4. The molecule has 8 heteroatoms. The van der Waals surface area contributed by atoms with E-state index in [1.165, 1.54) is 0 Å². The molecular weight excluding hydrogens is 354 g/mol. The summed E-state index contributed by atoms with van der Waals surface area (Å²) >= 11 is 0. The van der Waals surface area contributed by atoms with Crippen LogP contribution >= 0.6 is 0 Å². The molecule has 0 radical (unpaired) electrons. The summed E-state index contributed by atoms with van der Waals surface area (Å²) in [4.78, 5) is 16.5. The van der Waals surface area contributed by atoms with Crippen molar-refractivity contribution < 1.29 is 4.79 Å². The number of fused-ring (bicyclic) bond motifs is 1. The number of carbonyl (C=O) groups excluding carboxylic acids is 1. The smallest absolute Gasteiger partial charge is 0.252 e. The van der Waals surface area contributed by atoms with E-state index >= 15 is 0 Å². The van der Waals surface area contributed by atoms with E-state index < -0.39 is 5.91 Å². The number of aromatic nitrogens is 3. The fourth-order valence-corrected chi connectivity index (χ4v) is 3.78. The molecule has 1 aliphatic rings. The molecule has 6 N–H and O–H groups in total. The standard InChI is InChI=1S/C20H25N7O/c1-27-17-8-4-7-15(13(17)11-23-27)25-20-12(19(22)28)9-10-18(26-20)24-16-6-3-2-5-14(16)21/h4,7-11,14,16H,2-3,5-6,21H2,1H3,(H2,22,28)(H2,24,25,26)/t14-,16+/m0/s1. The second kappa shape index (κ2) is 7.47. The van der Waals surface area contributed by atoms with E-state index in [0.717, 1.165) is 42.3 Å². The number of aryl methyl sites for hydroxylation is 1. The maximum Gasteiger partial charge on any atom is 0.252 e. The van der Waals surface area contributed by atoms with Crippen molar-refractivity contribution in [3.8, 4) is 0 Å². The van der Waals surface area contributed by atoms with Crippen molar-refractivity contribution in [2.24, 2.45) is 18.5 Å². The number of carbonyl (C=O) groups is 1. The maximum atomic E-state index is 11.9. The first-order chi connectivity index (χ1) is 13.5. The summed E-state index contributed by atoms with van der Waals surface area (Å²) in [5.74, 6) is 0.556. The van der Waals surface area contributed by atoms with E-state index in [0.29, 0.717) is 17.2 Å². The molecule has 1 amide bonds. The molecule has 1 aliphatic carbocycles. The van der Waals surface area contributed by atoms with E-state index in [9.17, 15) is 4.79 Å². The molecule has 0 bridgehead atoms. The van der Waals surface area contributed by atoms with Crippen molar-refractivity contribution in [3.05, 3.63) is 42.1 Å². The van der Waals surface area contributed by atoms with Crippen LogP contribution < -0.4 is 22.1 Å². The Morgan fingerprint density at radius 1 is 1.21 bits per heavy atom. The summed E-state index contributed by atoms with van der Waals surface area (Å²) < 4.78 is 1.80. The third-order valence-electron chi connectivity index (χ3n) is 5.36. The zero-order chi connectivity index (χ0) is 19.7. The molecule has 1 saturated carbocycles. The van der Waals surface area contributed by atoms with Gasteiger partial charge in [0.15, 0.2) is 0 Å². The van der Waals surface area contributed by atoms with Gasteiger partial charge >= 0.3 is 0 Å². The summed E-state index contributed by atoms with van der Waals surface area (Å²) in [6.07, 6.45) is 6.11. The molecule has 28 heavy (non-hydrogen) atoms. The lowest BCUT2D eigenvalue weighted by atomic mass is 9.91. The van der Waals surface area contributed by atoms with Gasteiger partial charge in [0.1, 0.15) is 11.6 Å². The van der Waals surface area contributed by atoms with Gasteiger partial charge in [-0.15, -0.1) is 0 Å². The molecule has 1 aromatic carbocycles. The number of nitrogens with two attached hydrogens (primary N) is 2. The molecule has 3 aromatic rings. The molecule has 0 unspecified atom stereocenters. The van der Waals surface area contributed by atoms with Crippen LogP contribution in [0.15, 0.2) is 36.5 Å². The van der Waals surface area contributed by atoms with Crippen LogP contribution in [0.3, 0.4) is 0 Å². The van der Waals surface area contributed by atoms with Crippen LogP contribution in [0.1, 0.15) is 36.0 Å². The lowest BCUT2D eigenvalue weighted by Crippen LogP contribution is -2.42. The van der Waals surface area contributed by atoms with Crippen LogP contribution in [0, 0.1) is 0 Å². The van der Waals surface area contributed by atoms with Crippen molar-refractivity contribution in [2.45, 2.75) is 37.8 Å². The Balaban J connectivity index is 1.67. The number of pyridine rings is 1. The fraction of sp³-hybridized carbons (Fsp3) is 0.350. The molecule has 0 aliphatic heterocycles. The van der Waals surface area contributed by atoms with Crippen LogP contribution in [0.25, 0.3) is 10.9 Å². The number of rotatable bonds is 5. The minimum atomic E-state index is -0.533. The second-order valence-corrected chi connectivity index (χ2v) is 7.29. The van der Waals surface area contributed by atoms with Gasteiger partial charge in [-0.3, -0.25) is 9.48 Å². The Kier molecular flexibility index (Phi) is 4.87. The van der Waals surface area contributed by atoms with Crippen molar-refractivity contribution >= 4 is 34.1 Å². The van der Waals surface area contributed by atoms with Crippen molar-refractivity contribution in [1.29, 1.82) is 0 Å². The SMILES string of the molecule is Cn1ncc2c(Nc3nc(N[C@@H]4CCCC[C@@H]4N)ccc3C(N)=O)cccc21. The van der Waals surface area contributed by atoms with Gasteiger partial charge in [0.2, 0.25) is 0 Å². The van der Waals surface area contributed by atoms with Gasteiger partial charge < -0.3 is 22.1 Å². The normalized spacial score (nSPS) is 19.5. The number of hydrogen-bond acceptors (Lipinski definition) is 6. The molecule has 2 atom stereocenters. The van der Waals surface area contributed by atoms with E-state index in [-0.39, 0.29) is 12.1 Å². The van der Waals surface area contributed by atoms with Crippen LogP contribution in [0.5, 0.6) is 0 Å². The topological polar surface area (TPSA) is 124 Å². The molecule has 8 nitrogen and oxygen atoms in total. The maximum absolute atomic E-state index is 11.9. The highest BCUT2D eigenvalue weighted by molar-refractivity contribution is 6.00. The Morgan fingerprint density at radius 2 is 2.04 bits per heavy atom. The molecule has 2 aromatic heterocycles. The Bertz CT molecular complexity index is 1010. The van der Waals surface area contributed by atoms with Crippen molar-refractivity contribution in [2.75, 3.05) is 10.6 Å². The molecule has 0 spiro atoms. The predicted octanol–water partition coefficient (Wildman–Crippen LogP) is 2.49. The van der Waals surface area contributed by atoms with Crippen LogP contribution in [0.4, 0.5) is 17.3 Å². The Labute approximate surface area is 163 Å². The van der Waals surface area contributed by atoms with Gasteiger partial charge in [0, 0.05) is 24.5 Å². The van der Waals surface area contributed by atoms with Gasteiger partial charge in [-0.2, -0.15) is 5.10 Å². The number of benzene rings is 1. The molecule has 0 saturated heterocycles. The third-order valence-corrected chi connectivity index (χ3v) is 5.36. The average molecular weight is 379 g/mol. The largest absolute Gasteiger partial charge is 0.366 e. The summed E-state index contributed by atoms with van der Waals surface area (Å²) in [5.41, 5.74) is 13.9. The van der Waals surface area contributed by atoms with Crippen molar-refractivity contribution in [3.63, 3.8) is 0 Å². The molecule has 2 heterocycles. The summed E-state index contributed by atoms with van der Waals surface area (Å²) in [5, 5.41) is 11.9. The monoisotopic (exact) mass is 379 g/mol. The quantitative estimate of drug-likeness (QED) is 0.540. The van der Waals surface area contributed by atoms with Crippen LogP contribution in [0.2, 0.25) is 0 Å². The second-order valence-electron chi connectivity index (χ2n) is 7.29. The van der Waals surface area contributed by atoms with Crippen LogP contribution in [-0.4, -0.2) is 32.8 Å². The molecule has 4 rings (SSSR count). The van der Waals surface area contributed by atoms with E-state index in [4.69, 9.17) is 11.5 Å². The predicted molar refractivity (Wildman–Crippen MR) is 111 cm³/mol. The molecule has 1 fully saturated rings. The molecular formula is C20H25N7O. The Morgan fingerprint density at radius 3 is 2.82 bits per heavy atom.